The summed E-state index contributed by atoms with van der Waals surface area (Å²) in [5.74, 6) is 0. The minimum Gasteiger partial charge on any atom is -0.330 e. The third-order valence-corrected chi connectivity index (χ3v) is 2.62. The number of nitrogens with zero attached hydrogens (tertiary/aromatic N) is 2. The van der Waals surface area contributed by atoms with Gasteiger partial charge in [-0.3, -0.25) is 4.68 Å². The number of hydrogen-bond donors (Lipinski definition) is 1. The molecule has 2 aromatic rings. The molecule has 0 radical (unpaired) electrons. The normalized spacial score (nSPS) is 10.6. The number of halogens is 1. The van der Waals surface area contributed by atoms with E-state index >= 15 is 0 Å². The van der Waals surface area contributed by atoms with Crippen LogP contribution in [0.25, 0.3) is 11.3 Å². The number of aromatic nitrogens is 2. The van der Waals surface area contributed by atoms with Gasteiger partial charge in [0.15, 0.2) is 0 Å². The molecule has 0 atom stereocenters. The molecule has 0 amide bonds. The monoisotopic (exact) mass is 235 g/mol. The number of nitrogens with two attached hydrogens (primary N) is 1. The summed E-state index contributed by atoms with van der Waals surface area (Å²) in [5, 5.41) is 5.21. The Bertz CT molecular complexity index is 448. The van der Waals surface area contributed by atoms with Crippen molar-refractivity contribution in [2.45, 2.75) is 13.0 Å². The molecular weight excluding hydrogens is 222 g/mol. The van der Waals surface area contributed by atoms with Crippen molar-refractivity contribution in [2.75, 3.05) is 6.54 Å². The summed E-state index contributed by atoms with van der Waals surface area (Å²) in [6, 6.07) is 9.68. The average Bonchev–Trinajstić information content (AvgIpc) is 2.76. The van der Waals surface area contributed by atoms with Gasteiger partial charge in [0.25, 0.3) is 0 Å². The van der Waals surface area contributed by atoms with Crippen LogP contribution in [0.2, 0.25) is 5.02 Å². The first kappa shape index (κ1) is 11.2. The molecule has 1 heterocycles. The molecule has 16 heavy (non-hydrogen) atoms. The molecule has 0 aliphatic heterocycles. The Morgan fingerprint density at radius 1 is 1.19 bits per heavy atom. The van der Waals surface area contributed by atoms with Crippen molar-refractivity contribution in [3.8, 4) is 11.3 Å². The maximum atomic E-state index is 5.83. The standard InChI is InChI=1S/C12H14ClN3/c13-11-4-2-10(3-5-11)12-6-9-16(15-12)8-1-7-14/h2-6,9H,1,7-8,14H2. The highest BCUT2D eigenvalue weighted by Crippen LogP contribution is 2.19. The lowest BCUT2D eigenvalue weighted by Crippen LogP contribution is -2.06. The fraction of sp³-hybridized carbons (Fsp3) is 0.250. The Labute approximate surface area is 99.8 Å². The van der Waals surface area contributed by atoms with Crippen LogP contribution in [0.4, 0.5) is 0 Å². The number of aryl methyl sites for hydroxylation is 1. The van der Waals surface area contributed by atoms with Gasteiger partial charge in [0.2, 0.25) is 0 Å². The molecular formula is C12H14ClN3. The van der Waals surface area contributed by atoms with Gasteiger partial charge in [-0.25, -0.2) is 0 Å². The van der Waals surface area contributed by atoms with Gasteiger partial charge in [-0.2, -0.15) is 5.10 Å². The van der Waals surface area contributed by atoms with Gasteiger partial charge in [0.05, 0.1) is 5.69 Å². The van der Waals surface area contributed by atoms with Crippen molar-refractivity contribution in [3.63, 3.8) is 0 Å². The van der Waals surface area contributed by atoms with E-state index in [1.807, 2.05) is 41.2 Å². The van der Waals surface area contributed by atoms with Crippen molar-refractivity contribution in [2.24, 2.45) is 5.73 Å². The van der Waals surface area contributed by atoms with Crippen molar-refractivity contribution in [1.82, 2.24) is 9.78 Å². The van der Waals surface area contributed by atoms with E-state index in [0.717, 1.165) is 29.2 Å². The van der Waals surface area contributed by atoms with Crippen LogP contribution >= 0.6 is 11.6 Å². The summed E-state index contributed by atoms with van der Waals surface area (Å²) in [7, 11) is 0. The molecule has 1 aromatic carbocycles. The molecule has 0 aliphatic rings. The van der Waals surface area contributed by atoms with E-state index < -0.39 is 0 Å². The fourth-order valence-corrected chi connectivity index (χ4v) is 1.64. The largest absolute Gasteiger partial charge is 0.330 e. The molecule has 0 aliphatic carbocycles. The van der Waals surface area contributed by atoms with Crippen LogP contribution in [-0.4, -0.2) is 16.3 Å². The molecule has 0 fully saturated rings. The lowest BCUT2D eigenvalue weighted by Gasteiger charge is -1.99. The van der Waals surface area contributed by atoms with E-state index in [2.05, 4.69) is 5.10 Å². The van der Waals surface area contributed by atoms with E-state index in [9.17, 15) is 0 Å². The number of rotatable bonds is 4. The second-order valence-corrected chi connectivity index (χ2v) is 4.05. The Morgan fingerprint density at radius 2 is 1.94 bits per heavy atom. The van der Waals surface area contributed by atoms with Crippen molar-refractivity contribution >= 4 is 11.6 Å². The maximum Gasteiger partial charge on any atom is 0.0923 e. The van der Waals surface area contributed by atoms with Gasteiger partial charge >= 0.3 is 0 Å². The molecule has 0 saturated heterocycles. The number of benzene rings is 1. The zero-order valence-corrected chi connectivity index (χ0v) is 9.69. The van der Waals surface area contributed by atoms with Gasteiger partial charge in [-0.15, -0.1) is 0 Å². The quantitative estimate of drug-likeness (QED) is 0.885. The number of hydrogen-bond acceptors (Lipinski definition) is 2. The third kappa shape index (κ3) is 2.62. The van der Waals surface area contributed by atoms with Crippen LogP contribution in [0.5, 0.6) is 0 Å². The van der Waals surface area contributed by atoms with Gasteiger partial charge in [-0.05, 0) is 31.2 Å². The van der Waals surface area contributed by atoms with E-state index in [-0.39, 0.29) is 0 Å². The zero-order chi connectivity index (χ0) is 11.4. The minimum atomic E-state index is 0.691. The van der Waals surface area contributed by atoms with Crippen molar-refractivity contribution in [1.29, 1.82) is 0 Å². The minimum absolute atomic E-state index is 0.691. The summed E-state index contributed by atoms with van der Waals surface area (Å²) < 4.78 is 1.91. The van der Waals surface area contributed by atoms with Crippen molar-refractivity contribution < 1.29 is 0 Å². The Balaban J connectivity index is 2.15. The van der Waals surface area contributed by atoms with Crippen LogP contribution in [0.15, 0.2) is 36.5 Å². The summed E-state index contributed by atoms with van der Waals surface area (Å²) in [4.78, 5) is 0. The lowest BCUT2D eigenvalue weighted by molar-refractivity contribution is 0.586. The van der Waals surface area contributed by atoms with Crippen LogP contribution in [0.3, 0.4) is 0 Å². The molecule has 2 N–H and O–H groups in total. The van der Waals surface area contributed by atoms with Crippen LogP contribution in [0.1, 0.15) is 6.42 Å². The molecule has 0 saturated carbocycles. The average molecular weight is 236 g/mol. The van der Waals surface area contributed by atoms with Crippen LogP contribution < -0.4 is 5.73 Å². The van der Waals surface area contributed by atoms with Crippen LogP contribution in [-0.2, 0) is 6.54 Å². The summed E-state index contributed by atoms with van der Waals surface area (Å²) in [6.07, 6.45) is 2.92. The Kier molecular flexibility index (Phi) is 3.59. The van der Waals surface area contributed by atoms with Gasteiger partial charge < -0.3 is 5.73 Å². The zero-order valence-electron chi connectivity index (χ0n) is 8.94. The molecule has 0 unspecified atom stereocenters. The molecule has 0 bridgehead atoms. The molecule has 84 valence electrons. The van der Waals surface area contributed by atoms with Gasteiger partial charge in [0, 0.05) is 23.3 Å². The first-order chi connectivity index (χ1) is 7.79. The topological polar surface area (TPSA) is 43.8 Å². The maximum absolute atomic E-state index is 5.83. The SMILES string of the molecule is NCCCn1ccc(-c2ccc(Cl)cc2)n1. The summed E-state index contributed by atoms with van der Waals surface area (Å²) in [5.41, 5.74) is 7.50. The predicted molar refractivity (Wildman–Crippen MR) is 66.3 cm³/mol. The highest BCUT2D eigenvalue weighted by molar-refractivity contribution is 6.30. The van der Waals surface area contributed by atoms with Gasteiger partial charge in [-0.1, -0.05) is 23.7 Å². The van der Waals surface area contributed by atoms with E-state index in [1.54, 1.807) is 0 Å². The highest BCUT2D eigenvalue weighted by atomic mass is 35.5. The first-order valence-electron chi connectivity index (χ1n) is 5.29. The van der Waals surface area contributed by atoms with E-state index in [1.165, 1.54) is 0 Å². The van der Waals surface area contributed by atoms with E-state index in [4.69, 9.17) is 17.3 Å². The molecule has 3 nitrogen and oxygen atoms in total. The summed E-state index contributed by atoms with van der Waals surface area (Å²) >= 11 is 5.83. The lowest BCUT2D eigenvalue weighted by atomic mass is 10.2. The van der Waals surface area contributed by atoms with Crippen LogP contribution in [0, 0.1) is 0 Å². The molecule has 0 spiro atoms. The predicted octanol–water partition coefficient (Wildman–Crippen LogP) is 2.55. The van der Waals surface area contributed by atoms with Gasteiger partial charge in [0.1, 0.15) is 0 Å². The molecule has 2 rings (SSSR count). The smallest absolute Gasteiger partial charge is 0.0923 e. The first-order valence-corrected chi connectivity index (χ1v) is 5.67. The highest BCUT2D eigenvalue weighted by Gasteiger charge is 2.01. The fourth-order valence-electron chi connectivity index (χ4n) is 1.51. The summed E-state index contributed by atoms with van der Waals surface area (Å²) in [6.45, 7) is 1.56. The Hall–Kier alpha value is -1.32. The second-order valence-electron chi connectivity index (χ2n) is 3.61. The molecule has 1 aromatic heterocycles. The third-order valence-electron chi connectivity index (χ3n) is 2.37. The molecule has 4 heteroatoms. The van der Waals surface area contributed by atoms with Crippen molar-refractivity contribution in [3.05, 3.63) is 41.6 Å². The second kappa shape index (κ2) is 5.14. The Morgan fingerprint density at radius 3 is 2.62 bits per heavy atom. The van der Waals surface area contributed by atoms with E-state index in [0.29, 0.717) is 6.54 Å².